The van der Waals surface area contributed by atoms with Gasteiger partial charge in [0.15, 0.2) is 0 Å². The van der Waals surface area contributed by atoms with E-state index in [0.29, 0.717) is 6.54 Å². The van der Waals surface area contributed by atoms with Gasteiger partial charge in [-0.2, -0.15) is 0 Å². The van der Waals surface area contributed by atoms with Gasteiger partial charge in [-0.25, -0.2) is 0 Å². The van der Waals surface area contributed by atoms with Crippen molar-refractivity contribution < 1.29 is 4.74 Å². The number of hydrogen-bond donors (Lipinski definition) is 1. The van der Waals surface area contributed by atoms with Crippen LogP contribution in [0.5, 0.6) is 0 Å². The Kier molecular flexibility index (Phi) is 4.28. The van der Waals surface area contributed by atoms with Crippen LogP contribution in [-0.4, -0.2) is 30.2 Å². The molecule has 0 amide bonds. The Hall–Kier alpha value is -0.610. The molecule has 0 aromatic heterocycles. The first-order valence-corrected chi connectivity index (χ1v) is 6.71. The monoisotopic (exact) mass is 268 g/mol. The number of ether oxygens (including phenoxy) is 1. The Morgan fingerprint density at radius 1 is 1.44 bits per heavy atom. The molecule has 1 aliphatic rings. The fourth-order valence-corrected chi connectivity index (χ4v) is 2.50. The number of rotatable bonds is 3. The van der Waals surface area contributed by atoms with Crippen molar-refractivity contribution in [1.29, 1.82) is 0 Å². The van der Waals surface area contributed by atoms with Crippen LogP contribution in [0.1, 0.15) is 25.0 Å². The Labute approximate surface area is 114 Å². The minimum absolute atomic E-state index is 0.0636. The van der Waals surface area contributed by atoms with Gasteiger partial charge in [-0.1, -0.05) is 23.7 Å². The van der Waals surface area contributed by atoms with Crippen molar-refractivity contribution >= 4 is 11.6 Å². The number of nitrogens with zero attached hydrogens (tertiary/aromatic N) is 1. The molecular formula is C14H21ClN2O. The fraction of sp³-hybridized carbons (Fsp3) is 0.571. The van der Waals surface area contributed by atoms with Gasteiger partial charge in [-0.15, -0.1) is 0 Å². The molecule has 0 saturated carbocycles. The van der Waals surface area contributed by atoms with E-state index in [1.807, 2.05) is 6.07 Å². The lowest BCUT2D eigenvalue weighted by Gasteiger charge is -2.42. The third kappa shape index (κ3) is 3.04. The largest absolute Gasteiger partial charge is 0.378 e. The molecule has 18 heavy (non-hydrogen) atoms. The Morgan fingerprint density at radius 2 is 2.22 bits per heavy atom. The summed E-state index contributed by atoms with van der Waals surface area (Å²) >= 11 is 6.31. The second kappa shape index (κ2) is 5.57. The van der Waals surface area contributed by atoms with Crippen LogP contribution < -0.4 is 5.73 Å². The summed E-state index contributed by atoms with van der Waals surface area (Å²) in [6.45, 7) is 8.31. The van der Waals surface area contributed by atoms with Crippen molar-refractivity contribution in [2.75, 3.05) is 19.8 Å². The molecule has 0 aliphatic carbocycles. The van der Waals surface area contributed by atoms with E-state index < -0.39 is 0 Å². The van der Waals surface area contributed by atoms with Gasteiger partial charge in [-0.05, 0) is 31.0 Å². The lowest BCUT2D eigenvalue weighted by atomic mass is 10.0. The second-order valence-corrected chi connectivity index (χ2v) is 5.82. The number of nitrogens with two attached hydrogens (primary N) is 1. The molecule has 3 nitrogen and oxygen atoms in total. The van der Waals surface area contributed by atoms with Crippen LogP contribution >= 0.6 is 11.6 Å². The van der Waals surface area contributed by atoms with E-state index in [-0.39, 0.29) is 5.54 Å². The van der Waals surface area contributed by atoms with Crippen molar-refractivity contribution in [3.8, 4) is 0 Å². The van der Waals surface area contributed by atoms with E-state index in [2.05, 4.69) is 30.9 Å². The van der Waals surface area contributed by atoms with Crippen molar-refractivity contribution in [2.24, 2.45) is 5.73 Å². The van der Waals surface area contributed by atoms with Gasteiger partial charge in [0.25, 0.3) is 0 Å². The van der Waals surface area contributed by atoms with Crippen molar-refractivity contribution in [3.05, 3.63) is 34.3 Å². The highest BCUT2D eigenvalue weighted by Gasteiger charge is 2.30. The van der Waals surface area contributed by atoms with E-state index in [9.17, 15) is 0 Å². The maximum atomic E-state index is 6.31. The molecule has 0 unspecified atom stereocenters. The van der Waals surface area contributed by atoms with Crippen molar-refractivity contribution in [3.63, 3.8) is 0 Å². The van der Waals surface area contributed by atoms with Crippen LogP contribution in [0.3, 0.4) is 0 Å². The van der Waals surface area contributed by atoms with E-state index in [1.54, 1.807) is 0 Å². The van der Waals surface area contributed by atoms with Gasteiger partial charge in [-0.3, -0.25) is 4.90 Å². The summed E-state index contributed by atoms with van der Waals surface area (Å²) < 4.78 is 5.53. The van der Waals surface area contributed by atoms with Gasteiger partial charge >= 0.3 is 0 Å². The molecule has 1 aromatic carbocycles. The number of halogens is 1. The summed E-state index contributed by atoms with van der Waals surface area (Å²) in [6.07, 6.45) is 0. The molecule has 1 heterocycles. The quantitative estimate of drug-likeness (QED) is 0.915. The molecule has 1 saturated heterocycles. The highest BCUT2D eigenvalue weighted by Crippen LogP contribution is 2.25. The zero-order valence-electron chi connectivity index (χ0n) is 11.1. The highest BCUT2D eigenvalue weighted by atomic mass is 35.5. The molecule has 2 N–H and O–H groups in total. The van der Waals surface area contributed by atoms with E-state index in [0.717, 1.165) is 42.5 Å². The fourth-order valence-electron chi connectivity index (χ4n) is 2.24. The topological polar surface area (TPSA) is 38.5 Å². The first-order chi connectivity index (χ1) is 8.53. The second-order valence-electron chi connectivity index (χ2n) is 5.42. The molecule has 0 radical (unpaired) electrons. The lowest BCUT2D eigenvalue weighted by molar-refractivity contribution is -0.0552. The summed E-state index contributed by atoms with van der Waals surface area (Å²) in [6, 6.07) is 6.09. The predicted octanol–water partition coefficient (Wildman–Crippen LogP) is 2.41. The van der Waals surface area contributed by atoms with E-state index in [1.165, 1.54) is 0 Å². The van der Waals surface area contributed by atoms with E-state index in [4.69, 9.17) is 22.1 Å². The maximum absolute atomic E-state index is 6.31. The maximum Gasteiger partial charge on any atom is 0.0645 e. The zero-order valence-corrected chi connectivity index (χ0v) is 11.8. The van der Waals surface area contributed by atoms with Crippen LogP contribution in [-0.2, 0) is 17.8 Å². The van der Waals surface area contributed by atoms with E-state index >= 15 is 0 Å². The molecule has 0 spiro atoms. The molecule has 0 bridgehead atoms. The van der Waals surface area contributed by atoms with Gasteiger partial charge in [0.2, 0.25) is 0 Å². The molecule has 1 fully saturated rings. The van der Waals surface area contributed by atoms with Crippen LogP contribution in [0.25, 0.3) is 0 Å². The minimum atomic E-state index is 0.0636. The number of morpholine rings is 1. The smallest absolute Gasteiger partial charge is 0.0645 e. The standard InChI is InChI=1S/C14H21ClN2O/c1-14(2)10-18-6-5-17(14)9-12-4-3-11(8-16)7-13(12)15/h3-4,7H,5-6,8-10,16H2,1-2H3. The summed E-state index contributed by atoms with van der Waals surface area (Å²) in [4.78, 5) is 2.42. The van der Waals surface area contributed by atoms with Gasteiger partial charge in [0, 0.05) is 30.2 Å². The molecule has 1 aromatic rings. The van der Waals surface area contributed by atoms with Crippen molar-refractivity contribution in [1.82, 2.24) is 4.90 Å². The summed E-state index contributed by atoms with van der Waals surface area (Å²) in [5.74, 6) is 0. The number of benzene rings is 1. The third-order valence-electron chi connectivity index (χ3n) is 3.53. The average Bonchev–Trinajstić information content (AvgIpc) is 2.33. The van der Waals surface area contributed by atoms with Crippen LogP contribution in [0.4, 0.5) is 0 Å². The van der Waals surface area contributed by atoms with Crippen molar-refractivity contribution in [2.45, 2.75) is 32.5 Å². The first-order valence-electron chi connectivity index (χ1n) is 6.33. The predicted molar refractivity (Wildman–Crippen MR) is 74.7 cm³/mol. The lowest BCUT2D eigenvalue weighted by Crippen LogP contribution is -2.52. The molecule has 4 heteroatoms. The van der Waals surface area contributed by atoms with Gasteiger partial charge < -0.3 is 10.5 Å². The summed E-state index contributed by atoms with van der Waals surface area (Å²) in [5, 5.41) is 0.806. The third-order valence-corrected chi connectivity index (χ3v) is 3.88. The van der Waals surface area contributed by atoms with Crippen LogP contribution in [0.15, 0.2) is 18.2 Å². The highest BCUT2D eigenvalue weighted by molar-refractivity contribution is 6.31. The van der Waals surface area contributed by atoms with Crippen LogP contribution in [0.2, 0.25) is 5.02 Å². The van der Waals surface area contributed by atoms with Crippen LogP contribution in [0, 0.1) is 0 Å². The van der Waals surface area contributed by atoms with Gasteiger partial charge in [0.05, 0.1) is 13.2 Å². The zero-order chi connectivity index (χ0) is 13.2. The van der Waals surface area contributed by atoms with Gasteiger partial charge in [0.1, 0.15) is 0 Å². The molecule has 100 valence electrons. The minimum Gasteiger partial charge on any atom is -0.378 e. The molecule has 2 rings (SSSR count). The Morgan fingerprint density at radius 3 is 2.83 bits per heavy atom. The summed E-state index contributed by atoms with van der Waals surface area (Å²) in [7, 11) is 0. The Bertz CT molecular complexity index is 420. The summed E-state index contributed by atoms with van der Waals surface area (Å²) in [5.41, 5.74) is 7.90. The Balaban J connectivity index is 2.13. The SMILES string of the molecule is CC1(C)COCCN1Cc1ccc(CN)cc1Cl. The average molecular weight is 269 g/mol. The molecule has 0 atom stereocenters. The normalized spacial score (nSPS) is 20.0. The molecule has 1 aliphatic heterocycles. The number of hydrogen-bond acceptors (Lipinski definition) is 3. The first kappa shape index (κ1) is 13.8. The molecular weight excluding hydrogens is 248 g/mol.